The summed E-state index contributed by atoms with van der Waals surface area (Å²) in [5.74, 6) is 1.18. The van der Waals surface area contributed by atoms with E-state index >= 15 is 0 Å². The van der Waals surface area contributed by atoms with Crippen LogP contribution in [0.5, 0.6) is 11.5 Å². The van der Waals surface area contributed by atoms with Crippen molar-refractivity contribution in [2.75, 3.05) is 0 Å². The van der Waals surface area contributed by atoms with Gasteiger partial charge >= 0.3 is 0 Å². The van der Waals surface area contributed by atoms with Crippen molar-refractivity contribution >= 4 is 0 Å². The average molecular weight is 226 g/mol. The molecule has 0 aromatic heterocycles. The lowest BCUT2D eigenvalue weighted by Crippen LogP contribution is -1.95. The maximum Gasteiger partial charge on any atom is 0.123 e. The number of rotatable bonds is 3. The summed E-state index contributed by atoms with van der Waals surface area (Å²) >= 11 is 0. The molecule has 0 atom stereocenters. The molecule has 3 rings (SSSR count). The molecule has 86 valence electrons. The van der Waals surface area contributed by atoms with Crippen LogP contribution in [0.15, 0.2) is 48.5 Å². The van der Waals surface area contributed by atoms with Gasteiger partial charge in [-0.1, -0.05) is 30.3 Å². The van der Waals surface area contributed by atoms with Gasteiger partial charge in [0.2, 0.25) is 0 Å². The summed E-state index contributed by atoms with van der Waals surface area (Å²) in [7, 11) is 0. The Kier molecular flexibility index (Phi) is 2.48. The van der Waals surface area contributed by atoms with Crippen molar-refractivity contribution in [2.24, 2.45) is 0 Å². The quantitative estimate of drug-likeness (QED) is 0.866. The molecule has 0 heterocycles. The minimum Gasteiger partial charge on any atom is -0.507 e. The fourth-order valence-electron chi connectivity index (χ4n) is 1.83. The van der Waals surface area contributed by atoms with Gasteiger partial charge in [-0.3, -0.25) is 0 Å². The fourth-order valence-corrected chi connectivity index (χ4v) is 1.83. The van der Waals surface area contributed by atoms with E-state index in [9.17, 15) is 5.11 Å². The van der Waals surface area contributed by atoms with Crippen LogP contribution in [0.1, 0.15) is 12.8 Å². The molecule has 0 unspecified atom stereocenters. The summed E-state index contributed by atoms with van der Waals surface area (Å²) in [5.41, 5.74) is 1.83. The Morgan fingerprint density at radius 1 is 1.00 bits per heavy atom. The van der Waals surface area contributed by atoms with Gasteiger partial charge in [0.05, 0.1) is 6.10 Å². The Bertz CT molecular complexity index is 530. The second-order valence-corrected chi connectivity index (χ2v) is 4.36. The molecule has 1 saturated carbocycles. The molecule has 0 spiro atoms. The normalized spacial score (nSPS) is 14.6. The summed E-state index contributed by atoms with van der Waals surface area (Å²) in [6, 6.07) is 15.2. The molecule has 0 amide bonds. The predicted octanol–water partition coefficient (Wildman–Crippen LogP) is 3.60. The fraction of sp³-hybridized carbons (Fsp3) is 0.200. The number of benzene rings is 2. The van der Waals surface area contributed by atoms with E-state index < -0.39 is 0 Å². The number of phenolic OH excluding ortho intramolecular Hbond substituents is 1. The summed E-state index contributed by atoms with van der Waals surface area (Å²) < 4.78 is 5.75. The van der Waals surface area contributed by atoms with Crippen LogP contribution in [0.25, 0.3) is 11.1 Å². The first-order valence-electron chi connectivity index (χ1n) is 5.88. The van der Waals surface area contributed by atoms with Crippen LogP contribution in [-0.2, 0) is 0 Å². The third-order valence-corrected chi connectivity index (χ3v) is 2.88. The first-order chi connectivity index (χ1) is 8.33. The molecular weight excluding hydrogens is 212 g/mol. The van der Waals surface area contributed by atoms with Crippen molar-refractivity contribution < 1.29 is 9.84 Å². The summed E-state index contributed by atoms with van der Waals surface area (Å²) in [5, 5.41) is 9.81. The number of phenols is 1. The van der Waals surface area contributed by atoms with Crippen molar-refractivity contribution in [1.29, 1.82) is 0 Å². The largest absolute Gasteiger partial charge is 0.507 e. The third-order valence-electron chi connectivity index (χ3n) is 2.88. The number of hydrogen-bond donors (Lipinski definition) is 1. The Morgan fingerprint density at radius 3 is 2.59 bits per heavy atom. The zero-order chi connectivity index (χ0) is 11.7. The van der Waals surface area contributed by atoms with E-state index in [-0.39, 0.29) is 0 Å². The zero-order valence-corrected chi connectivity index (χ0v) is 9.47. The molecule has 1 N–H and O–H groups in total. The second kappa shape index (κ2) is 4.13. The second-order valence-electron chi connectivity index (χ2n) is 4.36. The monoisotopic (exact) mass is 226 g/mol. The molecular formula is C15H14O2. The first-order valence-corrected chi connectivity index (χ1v) is 5.88. The highest BCUT2D eigenvalue weighted by Crippen LogP contribution is 2.33. The van der Waals surface area contributed by atoms with Gasteiger partial charge in [-0.15, -0.1) is 0 Å². The minimum absolute atomic E-state index is 0.302. The van der Waals surface area contributed by atoms with E-state index in [1.807, 2.05) is 42.5 Å². The molecule has 17 heavy (non-hydrogen) atoms. The third kappa shape index (κ3) is 2.26. The van der Waals surface area contributed by atoms with E-state index in [1.165, 1.54) is 0 Å². The molecule has 2 heteroatoms. The van der Waals surface area contributed by atoms with E-state index in [2.05, 4.69) is 0 Å². The lowest BCUT2D eigenvalue weighted by Gasteiger charge is -2.08. The first kappa shape index (κ1) is 10.2. The van der Waals surface area contributed by atoms with E-state index in [0.29, 0.717) is 11.9 Å². The van der Waals surface area contributed by atoms with Gasteiger partial charge in [0.25, 0.3) is 0 Å². The Labute approximate surface area is 100 Å². The molecule has 2 aromatic carbocycles. The molecule has 2 aromatic rings. The predicted molar refractivity (Wildman–Crippen MR) is 67.2 cm³/mol. The van der Waals surface area contributed by atoms with Crippen molar-refractivity contribution in [3.63, 3.8) is 0 Å². The SMILES string of the molecule is Oc1ccccc1-c1cccc(OC2CC2)c1. The topological polar surface area (TPSA) is 29.5 Å². The van der Waals surface area contributed by atoms with Crippen LogP contribution in [-0.4, -0.2) is 11.2 Å². The highest BCUT2D eigenvalue weighted by molar-refractivity contribution is 5.70. The van der Waals surface area contributed by atoms with Crippen LogP contribution < -0.4 is 4.74 Å². The van der Waals surface area contributed by atoms with Crippen molar-refractivity contribution in [3.05, 3.63) is 48.5 Å². The Hall–Kier alpha value is -1.96. The lowest BCUT2D eigenvalue weighted by molar-refractivity contribution is 0.303. The van der Waals surface area contributed by atoms with Crippen LogP contribution >= 0.6 is 0 Å². The van der Waals surface area contributed by atoms with Crippen LogP contribution in [0, 0.1) is 0 Å². The number of hydrogen-bond acceptors (Lipinski definition) is 2. The maximum absolute atomic E-state index is 9.81. The van der Waals surface area contributed by atoms with Gasteiger partial charge in [-0.25, -0.2) is 0 Å². The van der Waals surface area contributed by atoms with E-state index in [0.717, 1.165) is 29.7 Å². The number of aromatic hydroxyl groups is 1. The highest BCUT2D eigenvalue weighted by atomic mass is 16.5. The van der Waals surface area contributed by atoms with Gasteiger partial charge < -0.3 is 9.84 Å². The van der Waals surface area contributed by atoms with E-state index in [4.69, 9.17) is 4.74 Å². The summed E-state index contributed by atoms with van der Waals surface area (Å²) in [6.45, 7) is 0. The van der Waals surface area contributed by atoms with Crippen molar-refractivity contribution in [1.82, 2.24) is 0 Å². The maximum atomic E-state index is 9.81. The molecule has 0 bridgehead atoms. The van der Waals surface area contributed by atoms with Crippen LogP contribution in [0.2, 0.25) is 0 Å². The smallest absolute Gasteiger partial charge is 0.123 e. The number of ether oxygens (including phenoxy) is 1. The van der Waals surface area contributed by atoms with Gasteiger partial charge in [0.1, 0.15) is 11.5 Å². The highest BCUT2D eigenvalue weighted by Gasteiger charge is 2.23. The molecule has 1 aliphatic carbocycles. The number of para-hydroxylation sites is 1. The molecule has 1 aliphatic rings. The molecule has 0 saturated heterocycles. The molecule has 2 nitrogen and oxygen atoms in total. The molecule has 0 radical (unpaired) electrons. The Balaban J connectivity index is 1.94. The van der Waals surface area contributed by atoms with Gasteiger partial charge in [0, 0.05) is 5.56 Å². The van der Waals surface area contributed by atoms with Gasteiger partial charge in [-0.2, -0.15) is 0 Å². The average Bonchev–Trinajstić information content (AvgIpc) is 3.14. The summed E-state index contributed by atoms with van der Waals surface area (Å²) in [6.07, 6.45) is 2.70. The van der Waals surface area contributed by atoms with E-state index in [1.54, 1.807) is 6.07 Å². The molecule has 0 aliphatic heterocycles. The van der Waals surface area contributed by atoms with Gasteiger partial charge in [0.15, 0.2) is 0 Å². The lowest BCUT2D eigenvalue weighted by atomic mass is 10.0. The van der Waals surface area contributed by atoms with Crippen molar-refractivity contribution in [3.8, 4) is 22.6 Å². The van der Waals surface area contributed by atoms with Crippen LogP contribution in [0.4, 0.5) is 0 Å². The summed E-state index contributed by atoms with van der Waals surface area (Å²) in [4.78, 5) is 0. The van der Waals surface area contributed by atoms with Gasteiger partial charge in [-0.05, 0) is 36.6 Å². The Morgan fingerprint density at radius 2 is 1.82 bits per heavy atom. The zero-order valence-electron chi connectivity index (χ0n) is 9.47. The standard InChI is InChI=1S/C15H14O2/c16-15-7-2-1-6-14(15)11-4-3-5-13(10-11)17-12-8-9-12/h1-7,10,12,16H,8-9H2. The van der Waals surface area contributed by atoms with Crippen molar-refractivity contribution in [2.45, 2.75) is 18.9 Å². The molecule has 1 fully saturated rings. The minimum atomic E-state index is 0.302. The van der Waals surface area contributed by atoms with Crippen LogP contribution in [0.3, 0.4) is 0 Å².